The zero-order chi connectivity index (χ0) is 28.8. The van der Waals surface area contributed by atoms with Gasteiger partial charge in [-0.05, 0) is 79.2 Å². The molecule has 3 heterocycles. The zero-order valence-electron chi connectivity index (χ0n) is 22.9. The van der Waals surface area contributed by atoms with Gasteiger partial charge in [0.1, 0.15) is 6.04 Å². The third-order valence-electron chi connectivity index (χ3n) is 7.41. The molecule has 8 nitrogen and oxygen atoms in total. The van der Waals surface area contributed by atoms with Gasteiger partial charge in [0.05, 0.1) is 5.92 Å². The summed E-state index contributed by atoms with van der Waals surface area (Å²) in [5.74, 6) is 5.49. The lowest BCUT2D eigenvalue weighted by Gasteiger charge is -2.22. The molecule has 9 heteroatoms. The molecule has 0 spiro atoms. The van der Waals surface area contributed by atoms with Crippen molar-refractivity contribution in [3.63, 3.8) is 0 Å². The monoisotopic (exact) mass is 568 g/mol. The fourth-order valence-corrected chi connectivity index (χ4v) is 5.87. The predicted octanol–water partition coefficient (Wildman–Crippen LogP) is 4.13. The van der Waals surface area contributed by atoms with E-state index in [2.05, 4.69) is 28.5 Å². The van der Waals surface area contributed by atoms with Gasteiger partial charge in [-0.15, -0.1) is 11.3 Å². The summed E-state index contributed by atoms with van der Waals surface area (Å²) in [4.78, 5) is 54.2. The molecule has 2 aromatic carbocycles. The van der Waals surface area contributed by atoms with Gasteiger partial charge in [0, 0.05) is 60.4 Å². The molecule has 4 amide bonds. The highest BCUT2D eigenvalue weighted by Gasteiger charge is 2.34. The molecule has 1 aromatic heterocycles. The quantitative estimate of drug-likeness (QED) is 0.419. The largest absolute Gasteiger partial charge is 0.342 e. The molecule has 0 saturated carbocycles. The van der Waals surface area contributed by atoms with Gasteiger partial charge in [0.15, 0.2) is 0 Å². The van der Waals surface area contributed by atoms with Crippen LogP contribution in [-0.4, -0.2) is 59.1 Å². The molecule has 210 valence electrons. The van der Waals surface area contributed by atoms with Crippen LogP contribution in [0.1, 0.15) is 42.2 Å². The van der Waals surface area contributed by atoms with Crippen molar-refractivity contribution in [3.05, 3.63) is 82.0 Å². The fraction of sp³-hybridized carbons (Fsp3) is 0.312. The third kappa shape index (κ3) is 7.21. The number of hydrogen-bond donors (Lipinski definition) is 2. The maximum absolute atomic E-state index is 12.8. The van der Waals surface area contributed by atoms with Crippen LogP contribution >= 0.6 is 11.3 Å². The standard InChI is InChI=1S/C32H32N4O4S/c1-22(37)36-17-2-5-29(36)32(40)34-27-14-10-24(11-15-27)7-6-23-8-12-26(13-9-23)33-31(39)25-20-30(38)35(21-25)18-16-28-4-3-19-41-28/h3-4,8-15,19,25,29H,2,5,16-18,20-21H2,1H3,(H,33,39)(H,34,40)/t25?,29-/m0/s1. The van der Waals surface area contributed by atoms with Crippen LogP contribution in [0.4, 0.5) is 11.4 Å². The lowest BCUT2D eigenvalue weighted by atomic mass is 10.1. The van der Waals surface area contributed by atoms with Gasteiger partial charge in [-0.1, -0.05) is 17.9 Å². The predicted molar refractivity (Wildman–Crippen MR) is 159 cm³/mol. The summed E-state index contributed by atoms with van der Waals surface area (Å²) in [6.45, 7) is 3.18. The molecule has 2 fully saturated rings. The van der Waals surface area contributed by atoms with Crippen molar-refractivity contribution in [2.45, 2.75) is 38.6 Å². The van der Waals surface area contributed by atoms with Crippen molar-refractivity contribution in [1.29, 1.82) is 0 Å². The molecular formula is C32H32N4O4S. The number of carbonyl (C=O) groups is 4. The van der Waals surface area contributed by atoms with E-state index in [0.717, 1.165) is 24.0 Å². The lowest BCUT2D eigenvalue weighted by molar-refractivity contribution is -0.134. The second-order valence-corrected chi connectivity index (χ2v) is 11.4. The van der Waals surface area contributed by atoms with E-state index in [1.54, 1.807) is 45.4 Å². The zero-order valence-corrected chi connectivity index (χ0v) is 23.7. The van der Waals surface area contributed by atoms with Crippen molar-refractivity contribution >= 4 is 46.3 Å². The first-order valence-electron chi connectivity index (χ1n) is 13.8. The van der Waals surface area contributed by atoms with Crippen molar-refractivity contribution in [3.8, 4) is 11.8 Å². The SMILES string of the molecule is CC(=O)N1CCC[C@H]1C(=O)Nc1ccc(C#Cc2ccc(NC(=O)C3CC(=O)N(CCc4cccs4)C3)cc2)cc1. The number of hydrogen-bond acceptors (Lipinski definition) is 5. The highest BCUT2D eigenvalue weighted by Crippen LogP contribution is 2.22. The molecule has 3 aromatic rings. The second kappa shape index (κ2) is 12.8. The third-order valence-corrected chi connectivity index (χ3v) is 8.35. The van der Waals surface area contributed by atoms with Gasteiger partial charge in [0.25, 0.3) is 0 Å². The molecule has 0 bridgehead atoms. The summed E-state index contributed by atoms with van der Waals surface area (Å²) in [5, 5.41) is 7.84. The smallest absolute Gasteiger partial charge is 0.247 e. The highest BCUT2D eigenvalue weighted by atomic mass is 32.1. The van der Waals surface area contributed by atoms with E-state index in [1.807, 2.05) is 35.7 Å². The van der Waals surface area contributed by atoms with Crippen LogP contribution in [0.3, 0.4) is 0 Å². The van der Waals surface area contributed by atoms with Crippen molar-refractivity contribution < 1.29 is 19.2 Å². The van der Waals surface area contributed by atoms with E-state index in [0.29, 0.717) is 37.4 Å². The minimum absolute atomic E-state index is 0.0242. The molecule has 2 aliphatic heterocycles. The maximum Gasteiger partial charge on any atom is 0.247 e. The fourth-order valence-electron chi connectivity index (χ4n) is 5.17. The average molecular weight is 569 g/mol. The van der Waals surface area contributed by atoms with Crippen molar-refractivity contribution in [2.75, 3.05) is 30.3 Å². The maximum atomic E-state index is 12.8. The summed E-state index contributed by atoms with van der Waals surface area (Å²) in [7, 11) is 0. The Kier molecular flexibility index (Phi) is 8.80. The highest BCUT2D eigenvalue weighted by molar-refractivity contribution is 7.09. The summed E-state index contributed by atoms with van der Waals surface area (Å²) < 4.78 is 0. The summed E-state index contributed by atoms with van der Waals surface area (Å²) >= 11 is 1.68. The van der Waals surface area contributed by atoms with Gasteiger partial charge in [-0.25, -0.2) is 0 Å². The number of rotatable bonds is 7. The molecule has 41 heavy (non-hydrogen) atoms. The number of nitrogens with one attached hydrogen (secondary N) is 2. The number of carbonyl (C=O) groups excluding carboxylic acids is 4. The molecule has 2 aliphatic rings. The number of anilines is 2. The van der Waals surface area contributed by atoms with Crippen LogP contribution in [0.5, 0.6) is 0 Å². The van der Waals surface area contributed by atoms with Crippen LogP contribution < -0.4 is 10.6 Å². The number of likely N-dealkylation sites (tertiary alicyclic amines) is 2. The van der Waals surface area contributed by atoms with E-state index in [1.165, 1.54) is 11.8 Å². The van der Waals surface area contributed by atoms with Crippen molar-refractivity contribution in [2.24, 2.45) is 5.92 Å². The van der Waals surface area contributed by atoms with E-state index in [9.17, 15) is 19.2 Å². The second-order valence-electron chi connectivity index (χ2n) is 10.3. The minimum Gasteiger partial charge on any atom is -0.342 e. The Labute approximate surface area is 243 Å². The molecule has 2 N–H and O–H groups in total. The molecule has 2 atom stereocenters. The van der Waals surface area contributed by atoms with E-state index >= 15 is 0 Å². The Bertz CT molecular complexity index is 1470. The molecular weight excluding hydrogens is 536 g/mol. The number of nitrogens with zero attached hydrogens (tertiary/aromatic N) is 2. The molecule has 5 rings (SSSR count). The molecule has 1 unspecified atom stereocenters. The minimum atomic E-state index is -0.420. The first kappa shape index (κ1) is 28.1. The Balaban J connectivity index is 1.10. The van der Waals surface area contributed by atoms with E-state index in [-0.39, 0.29) is 36.0 Å². The van der Waals surface area contributed by atoms with Gasteiger partial charge in [-0.2, -0.15) is 0 Å². The Morgan fingerprint density at radius 1 is 0.927 bits per heavy atom. The van der Waals surface area contributed by atoms with Gasteiger partial charge < -0.3 is 20.4 Å². The van der Waals surface area contributed by atoms with E-state index < -0.39 is 6.04 Å². The van der Waals surface area contributed by atoms with Crippen molar-refractivity contribution in [1.82, 2.24) is 9.80 Å². The first-order chi connectivity index (χ1) is 19.9. The topological polar surface area (TPSA) is 98.8 Å². The number of thiophene rings is 1. The molecule has 2 saturated heterocycles. The Morgan fingerprint density at radius 2 is 1.56 bits per heavy atom. The average Bonchev–Trinajstić information content (AvgIpc) is 3.74. The summed E-state index contributed by atoms with van der Waals surface area (Å²) in [5.41, 5.74) is 2.91. The lowest BCUT2D eigenvalue weighted by Crippen LogP contribution is -2.42. The van der Waals surface area contributed by atoms with Gasteiger partial charge in [-0.3, -0.25) is 19.2 Å². The summed E-state index contributed by atoms with van der Waals surface area (Å²) in [6, 6.07) is 18.2. The Morgan fingerprint density at radius 3 is 2.15 bits per heavy atom. The van der Waals surface area contributed by atoms with Crippen LogP contribution in [0.15, 0.2) is 66.0 Å². The van der Waals surface area contributed by atoms with Gasteiger partial charge in [0.2, 0.25) is 23.6 Å². The van der Waals surface area contributed by atoms with Crippen LogP contribution in [0.2, 0.25) is 0 Å². The van der Waals surface area contributed by atoms with Crippen LogP contribution in [0, 0.1) is 17.8 Å². The normalized spacial score (nSPS) is 18.1. The van der Waals surface area contributed by atoms with Gasteiger partial charge >= 0.3 is 0 Å². The first-order valence-corrected chi connectivity index (χ1v) is 14.6. The van der Waals surface area contributed by atoms with E-state index in [4.69, 9.17) is 0 Å². The Hall–Kier alpha value is -4.42. The number of amides is 4. The number of benzene rings is 2. The summed E-state index contributed by atoms with van der Waals surface area (Å²) in [6.07, 6.45) is 2.55. The molecule has 0 aliphatic carbocycles. The van der Waals surface area contributed by atoms with Crippen LogP contribution in [-0.2, 0) is 25.6 Å². The van der Waals surface area contributed by atoms with Crippen LogP contribution in [0.25, 0.3) is 0 Å². The molecule has 0 radical (unpaired) electrons.